The summed E-state index contributed by atoms with van der Waals surface area (Å²) in [5.41, 5.74) is 0.521. The molecule has 0 spiro atoms. The maximum Gasteiger partial charge on any atom is 0.143 e. The SMILES string of the molecule is C#CCCNc1cccc(F)c1C#N. The lowest BCUT2D eigenvalue weighted by Gasteiger charge is -2.06. The molecule has 2 nitrogen and oxygen atoms in total. The molecular weight excluding hydrogens is 179 g/mol. The van der Waals surface area contributed by atoms with Crippen LogP contribution in [0.15, 0.2) is 18.2 Å². The average Bonchev–Trinajstić information content (AvgIpc) is 2.18. The van der Waals surface area contributed by atoms with E-state index in [0.29, 0.717) is 18.7 Å². The Labute approximate surface area is 82.4 Å². The van der Waals surface area contributed by atoms with E-state index in [4.69, 9.17) is 11.7 Å². The van der Waals surface area contributed by atoms with Gasteiger partial charge in [0.15, 0.2) is 0 Å². The summed E-state index contributed by atoms with van der Waals surface area (Å²) in [5.74, 6) is 1.94. The molecular formula is C11H9FN2. The first-order valence-corrected chi connectivity index (χ1v) is 4.15. The van der Waals surface area contributed by atoms with Gasteiger partial charge in [0.1, 0.15) is 17.4 Å². The van der Waals surface area contributed by atoms with Crippen LogP contribution in [0.5, 0.6) is 0 Å². The monoisotopic (exact) mass is 188 g/mol. The molecule has 1 N–H and O–H groups in total. The maximum atomic E-state index is 13.1. The van der Waals surface area contributed by atoms with Crippen LogP contribution in [0.1, 0.15) is 12.0 Å². The van der Waals surface area contributed by atoms with Crippen molar-refractivity contribution in [3.05, 3.63) is 29.6 Å². The quantitative estimate of drug-likeness (QED) is 0.582. The second kappa shape index (κ2) is 4.89. The molecule has 14 heavy (non-hydrogen) atoms. The molecule has 70 valence electrons. The fourth-order valence-electron chi connectivity index (χ4n) is 1.05. The molecule has 0 aromatic heterocycles. The van der Waals surface area contributed by atoms with E-state index in [9.17, 15) is 4.39 Å². The fourth-order valence-corrected chi connectivity index (χ4v) is 1.05. The molecule has 1 aromatic rings. The molecule has 1 rings (SSSR count). The van der Waals surface area contributed by atoms with Crippen molar-refractivity contribution in [1.82, 2.24) is 0 Å². The topological polar surface area (TPSA) is 35.8 Å². The van der Waals surface area contributed by atoms with Crippen molar-refractivity contribution in [2.24, 2.45) is 0 Å². The van der Waals surface area contributed by atoms with Gasteiger partial charge in [-0.1, -0.05) is 6.07 Å². The highest BCUT2D eigenvalue weighted by atomic mass is 19.1. The van der Waals surface area contributed by atoms with Gasteiger partial charge in [-0.3, -0.25) is 0 Å². The van der Waals surface area contributed by atoms with E-state index in [-0.39, 0.29) is 5.56 Å². The van der Waals surface area contributed by atoms with Crippen molar-refractivity contribution >= 4 is 5.69 Å². The van der Waals surface area contributed by atoms with Crippen LogP contribution < -0.4 is 5.32 Å². The summed E-state index contributed by atoms with van der Waals surface area (Å²) < 4.78 is 13.1. The van der Waals surface area contributed by atoms with E-state index >= 15 is 0 Å². The second-order valence-corrected chi connectivity index (χ2v) is 2.66. The van der Waals surface area contributed by atoms with Crippen molar-refractivity contribution in [2.45, 2.75) is 6.42 Å². The van der Waals surface area contributed by atoms with Gasteiger partial charge in [0.2, 0.25) is 0 Å². The number of nitriles is 1. The summed E-state index contributed by atoms with van der Waals surface area (Å²) in [6.45, 7) is 0.536. The first-order valence-electron chi connectivity index (χ1n) is 4.15. The van der Waals surface area contributed by atoms with E-state index < -0.39 is 5.82 Å². The highest BCUT2D eigenvalue weighted by molar-refractivity contribution is 5.57. The Kier molecular flexibility index (Phi) is 3.52. The summed E-state index contributed by atoms with van der Waals surface area (Å²) in [4.78, 5) is 0. The molecule has 0 saturated carbocycles. The van der Waals surface area contributed by atoms with Crippen molar-refractivity contribution in [2.75, 3.05) is 11.9 Å². The largest absolute Gasteiger partial charge is 0.383 e. The van der Waals surface area contributed by atoms with E-state index in [0.717, 1.165) is 0 Å². The molecule has 0 amide bonds. The molecule has 0 heterocycles. The predicted molar refractivity (Wildman–Crippen MR) is 53.1 cm³/mol. The highest BCUT2D eigenvalue weighted by Gasteiger charge is 2.05. The first-order chi connectivity index (χ1) is 6.79. The van der Waals surface area contributed by atoms with Gasteiger partial charge in [0.05, 0.1) is 5.69 Å². The smallest absolute Gasteiger partial charge is 0.143 e. The highest BCUT2D eigenvalue weighted by Crippen LogP contribution is 2.17. The van der Waals surface area contributed by atoms with Gasteiger partial charge in [0, 0.05) is 13.0 Å². The molecule has 0 unspecified atom stereocenters. The molecule has 0 fully saturated rings. The molecule has 0 aliphatic rings. The molecule has 0 radical (unpaired) electrons. The third-order valence-electron chi connectivity index (χ3n) is 1.71. The number of hydrogen-bond donors (Lipinski definition) is 1. The zero-order valence-corrected chi connectivity index (χ0v) is 7.55. The Hall–Kier alpha value is -2.00. The molecule has 0 aliphatic carbocycles. The number of hydrogen-bond acceptors (Lipinski definition) is 2. The van der Waals surface area contributed by atoms with Gasteiger partial charge < -0.3 is 5.32 Å². The van der Waals surface area contributed by atoms with Crippen LogP contribution in [0, 0.1) is 29.5 Å². The normalized spacial score (nSPS) is 8.79. The van der Waals surface area contributed by atoms with Crippen LogP contribution >= 0.6 is 0 Å². The Morgan fingerprint density at radius 2 is 2.29 bits per heavy atom. The Morgan fingerprint density at radius 3 is 2.93 bits per heavy atom. The molecule has 1 aromatic carbocycles. The van der Waals surface area contributed by atoms with Gasteiger partial charge in [-0.15, -0.1) is 12.3 Å². The van der Waals surface area contributed by atoms with Gasteiger partial charge in [-0.05, 0) is 12.1 Å². The van der Waals surface area contributed by atoms with Crippen LogP contribution in [-0.2, 0) is 0 Å². The number of nitrogens with one attached hydrogen (secondary N) is 1. The van der Waals surface area contributed by atoms with Gasteiger partial charge >= 0.3 is 0 Å². The second-order valence-electron chi connectivity index (χ2n) is 2.66. The lowest BCUT2D eigenvalue weighted by molar-refractivity contribution is 0.624. The Morgan fingerprint density at radius 1 is 1.50 bits per heavy atom. The van der Waals surface area contributed by atoms with Crippen molar-refractivity contribution in [3.63, 3.8) is 0 Å². The first kappa shape index (κ1) is 10.1. The molecule has 0 atom stereocenters. The van der Waals surface area contributed by atoms with E-state index in [1.165, 1.54) is 6.07 Å². The third kappa shape index (κ3) is 2.24. The number of anilines is 1. The Balaban J connectivity index is 2.83. The summed E-state index contributed by atoms with van der Waals surface area (Å²) in [6.07, 6.45) is 5.61. The summed E-state index contributed by atoms with van der Waals surface area (Å²) in [7, 11) is 0. The van der Waals surface area contributed by atoms with Gasteiger partial charge in [0.25, 0.3) is 0 Å². The number of nitrogens with zero attached hydrogens (tertiary/aromatic N) is 1. The maximum absolute atomic E-state index is 13.1. The summed E-state index contributed by atoms with van der Waals surface area (Å²) in [6, 6.07) is 6.26. The summed E-state index contributed by atoms with van der Waals surface area (Å²) >= 11 is 0. The van der Waals surface area contributed by atoms with Gasteiger partial charge in [-0.2, -0.15) is 5.26 Å². The average molecular weight is 188 g/mol. The van der Waals surface area contributed by atoms with Crippen molar-refractivity contribution in [1.29, 1.82) is 5.26 Å². The predicted octanol–water partition coefficient (Wildman–Crippen LogP) is 2.13. The lowest BCUT2D eigenvalue weighted by atomic mass is 10.2. The number of terminal acetylenes is 1. The Bertz CT molecular complexity index is 399. The molecule has 0 bridgehead atoms. The fraction of sp³-hybridized carbons (Fsp3) is 0.182. The lowest BCUT2D eigenvalue weighted by Crippen LogP contribution is -2.03. The zero-order valence-electron chi connectivity index (χ0n) is 7.55. The number of benzene rings is 1. The minimum absolute atomic E-state index is 0.0320. The third-order valence-corrected chi connectivity index (χ3v) is 1.71. The number of halogens is 1. The zero-order chi connectivity index (χ0) is 10.4. The van der Waals surface area contributed by atoms with Crippen LogP contribution in [0.3, 0.4) is 0 Å². The van der Waals surface area contributed by atoms with Gasteiger partial charge in [-0.25, -0.2) is 4.39 Å². The van der Waals surface area contributed by atoms with Crippen LogP contribution in [0.4, 0.5) is 10.1 Å². The van der Waals surface area contributed by atoms with Crippen molar-refractivity contribution < 1.29 is 4.39 Å². The summed E-state index contributed by atoms with van der Waals surface area (Å²) in [5, 5.41) is 11.6. The molecule has 0 saturated heterocycles. The van der Waals surface area contributed by atoms with E-state index in [2.05, 4.69) is 11.2 Å². The standard InChI is InChI=1S/C11H9FN2/c1-2-3-7-14-11-6-4-5-10(12)9(11)8-13/h1,4-6,14H,3,7H2. The van der Waals surface area contributed by atoms with Crippen molar-refractivity contribution in [3.8, 4) is 18.4 Å². The van der Waals surface area contributed by atoms with Crippen LogP contribution in [-0.4, -0.2) is 6.54 Å². The van der Waals surface area contributed by atoms with E-state index in [1.807, 2.05) is 0 Å². The van der Waals surface area contributed by atoms with Crippen LogP contribution in [0.25, 0.3) is 0 Å². The van der Waals surface area contributed by atoms with E-state index in [1.54, 1.807) is 18.2 Å². The van der Waals surface area contributed by atoms with Crippen LogP contribution in [0.2, 0.25) is 0 Å². The minimum Gasteiger partial charge on any atom is -0.383 e. The minimum atomic E-state index is -0.516. The molecule has 3 heteroatoms. The molecule has 0 aliphatic heterocycles. The number of rotatable bonds is 3.